The largest absolute Gasteiger partial charge is 0.338 e. The number of unbranched alkanes of at least 4 members (excludes halogenated alkanes) is 1. The van der Waals surface area contributed by atoms with Gasteiger partial charge in [-0.25, -0.2) is 4.79 Å². The quantitative estimate of drug-likeness (QED) is 0.635. The number of hydrogen-bond donors (Lipinski definition) is 3. The zero-order valence-corrected chi connectivity index (χ0v) is 12.8. The van der Waals surface area contributed by atoms with Crippen LogP contribution < -0.4 is 16.0 Å². The highest BCUT2D eigenvalue weighted by atomic mass is 16.2. The van der Waals surface area contributed by atoms with Gasteiger partial charge in [0.25, 0.3) is 0 Å². The lowest BCUT2D eigenvalue weighted by Crippen LogP contribution is -2.30. The first-order chi connectivity index (χ1) is 9.69. The normalized spacial score (nSPS) is 11.9. The summed E-state index contributed by atoms with van der Waals surface area (Å²) in [6.07, 6.45) is 3.18. The summed E-state index contributed by atoms with van der Waals surface area (Å²) in [5.41, 5.74) is 1.99. The minimum atomic E-state index is -0.131. The molecule has 0 spiro atoms. The Hall–Kier alpha value is -1.55. The Morgan fingerprint density at radius 2 is 1.90 bits per heavy atom. The molecule has 0 heterocycles. The minimum Gasteiger partial charge on any atom is -0.338 e. The number of rotatable bonds is 8. The van der Waals surface area contributed by atoms with Gasteiger partial charge >= 0.3 is 6.03 Å². The van der Waals surface area contributed by atoms with E-state index in [4.69, 9.17) is 0 Å². The van der Waals surface area contributed by atoms with Crippen LogP contribution in [0.1, 0.15) is 51.6 Å². The Kier molecular flexibility index (Phi) is 7.73. The lowest BCUT2D eigenvalue weighted by molar-refractivity contribution is 0.252. The second kappa shape index (κ2) is 9.37. The van der Waals surface area contributed by atoms with Crippen molar-refractivity contribution in [2.45, 2.75) is 46.1 Å². The van der Waals surface area contributed by atoms with E-state index in [2.05, 4.69) is 42.8 Å². The fraction of sp³-hybridized carbons (Fsp3) is 0.562. The van der Waals surface area contributed by atoms with Gasteiger partial charge in [-0.05, 0) is 37.9 Å². The molecular weight excluding hydrogens is 250 g/mol. The maximum atomic E-state index is 11.8. The van der Waals surface area contributed by atoms with Crippen LogP contribution in [0.2, 0.25) is 0 Å². The SMILES string of the molecule is CCCCNC(=O)Nc1ccccc1C(C)NCCC. The van der Waals surface area contributed by atoms with Crippen molar-refractivity contribution in [2.75, 3.05) is 18.4 Å². The third-order valence-electron chi connectivity index (χ3n) is 3.19. The maximum absolute atomic E-state index is 11.8. The van der Waals surface area contributed by atoms with Crippen LogP contribution in [-0.2, 0) is 0 Å². The van der Waals surface area contributed by atoms with E-state index in [0.29, 0.717) is 6.54 Å². The fourth-order valence-corrected chi connectivity index (χ4v) is 2.00. The third kappa shape index (κ3) is 5.61. The molecule has 4 heteroatoms. The number of amides is 2. The van der Waals surface area contributed by atoms with Crippen molar-refractivity contribution in [1.29, 1.82) is 0 Å². The molecule has 20 heavy (non-hydrogen) atoms. The number of carbonyl (C=O) groups is 1. The number of para-hydroxylation sites is 1. The minimum absolute atomic E-state index is 0.131. The molecule has 1 rings (SSSR count). The molecule has 0 aliphatic rings. The van der Waals surface area contributed by atoms with Crippen LogP contribution in [0.15, 0.2) is 24.3 Å². The third-order valence-corrected chi connectivity index (χ3v) is 3.19. The van der Waals surface area contributed by atoms with Gasteiger partial charge in [0.05, 0.1) is 0 Å². The smallest absolute Gasteiger partial charge is 0.319 e. The van der Waals surface area contributed by atoms with E-state index < -0.39 is 0 Å². The van der Waals surface area contributed by atoms with Crippen molar-refractivity contribution in [3.05, 3.63) is 29.8 Å². The molecule has 4 nitrogen and oxygen atoms in total. The van der Waals surface area contributed by atoms with Crippen LogP contribution >= 0.6 is 0 Å². The van der Waals surface area contributed by atoms with Crippen LogP contribution in [0.4, 0.5) is 10.5 Å². The van der Waals surface area contributed by atoms with Crippen LogP contribution in [0.25, 0.3) is 0 Å². The highest BCUT2D eigenvalue weighted by Crippen LogP contribution is 2.22. The zero-order chi connectivity index (χ0) is 14.8. The molecule has 0 bridgehead atoms. The second-order valence-electron chi connectivity index (χ2n) is 5.00. The Balaban J connectivity index is 2.62. The van der Waals surface area contributed by atoms with Gasteiger partial charge in [0.1, 0.15) is 0 Å². The molecule has 1 aromatic carbocycles. The summed E-state index contributed by atoms with van der Waals surface area (Å²) in [5, 5.41) is 9.25. The van der Waals surface area contributed by atoms with E-state index in [1.54, 1.807) is 0 Å². The topological polar surface area (TPSA) is 53.2 Å². The molecule has 0 fully saturated rings. The van der Waals surface area contributed by atoms with Gasteiger partial charge in [-0.1, -0.05) is 38.5 Å². The number of anilines is 1. The molecule has 1 unspecified atom stereocenters. The van der Waals surface area contributed by atoms with Gasteiger partial charge < -0.3 is 16.0 Å². The van der Waals surface area contributed by atoms with E-state index in [0.717, 1.165) is 37.1 Å². The molecular formula is C16H27N3O. The molecule has 0 radical (unpaired) electrons. The van der Waals surface area contributed by atoms with Gasteiger partial charge in [0.15, 0.2) is 0 Å². The lowest BCUT2D eigenvalue weighted by Gasteiger charge is -2.18. The summed E-state index contributed by atoms with van der Waals surface area (Å²) in [6, 6.07) is 8.03. The van der Waals surface area contributed by atoms with Gasteiger partial charge in [0, 0.05) is 18.3 Å². The van der Waals surface area contributed by atoms with Crippen LogP contribution in [0, 0.1) is 0 Å². The molecule has 0 saturated heterocycles. The molecule has 2 amide bonds. The average molecular weight is 277 g/mol. The van der Waals surface area contributed by atoms with E-state index in [9.17, 15) is 4.79 Å². The predicted molar refractivity (Wildman–Crippen MR) is 85.1 cm³/mol. The van der Waals surface area contributed by atoms with Crippen molar-refractivity contribution in [2.24, 2.45) is 0 Å². The first-order valence-electron chi connectivity index (χ1n) is 7.56. The maximum Gasteiger partial charge on any atom is 0.319 e. The van der Waals surface area contributed by atoms with Crippen molar-refractivity contribution in [3.8, 4) is 0 Å². The van der Waals surface area contributed by atoms with Gasteiger partial charge in [-0.2, -0.15) is 0 Å². The van der Waals surface area contributed by atoms with E-state index in [-0.39, 0.29) is 12.1 Å². The lowest BCUT2D eigenvalue weighted by atomic mass is 10.1. The molecule has 3 N–H and O–H groups in total. The Morgan fingerprint density at radius 3 is 2.60 bits per heavy atom. The molecule has 0 saturated carbocycles. The summed E-state index contributed by atoms with van der Waals surface area (Å²) in [6.45, 7) is 8.05. The number of urea groups is 1. The summed E-state index contributed by atoms with van der Waals surface area (Å²) < 4.78 is 0. The zero-order valence-electron chi connectivity index (χ0n) is 12.8. The Labute approximate surface area is 122 Å². The van der Waals surface area contributed by atoms with E-state index in [1.165, 1.54) is 0 Å². The number of carbonyl (C=O) groups excluding carboxylic acids is 1. The van der Waals surface area contributed by atoms with Crippen LogP contribution in [-0.4, -0.2) is 19.1 Å². The summed E-state index contributed by atoms with van der Waals surface area (Å²) in [5.74, 6) is 0. The van der Waals surface area contributed by atoms with Crippen molar-refractivity contribution < 1.29 is 4.79 Å². The summed E-state index contributed by atoms with van der Waals surface area (Å²) in [7, 11) is 0. The van der Waals surface area contributed by atoms with Crippen LogP contribution in [0.3, 0.4) is 0 Å². The first-order valence-corrected chi connectivity index (χ1v) is 7.56. The summed E-state index contributed by atoms with van der Waals surface area (Å²) in [4.78, 5) is 11.8. The van der Waals surface area contributed by atoms with Crippen LogP contribution in [0.5, 0.6) is 0 Å². The fourth-order valence-electron chi connectivity index (χ4n) is 2.00. The molecule has 112 valence electrons. The first kappa shape index (κ1) is 16.5. The number of nitrogens with one attached hydrogen (secondary N) is 3. The standard InChI is InChI=1S/C16H27N3O/c1-4-6-12-18-16(20)19-15-10-8-7-9-14(15)13(3)17-11-5-2/h7-10,13,17H,4-6,11-12H2,1-3H3,(H2,18,19,20). The van der Waals surface area contributed by atoms with Gasteiger partial charge in [-0.15, -0.1) is 0 Å². The highest BCUT2D eigenvalue weighted by molar-refractivity contribution is 5.90. The molecule has 0 aliphatic carbocycles. The van der Waals surface area contributed by atoms with Crippen molar-refractivity contribution in [1.82, 2.24) is 10.6 Å². The molecule has 0 aliphatic heterocycles. The van der Waals surface area contributed by atoms with E-state index >= 15 is 0 Å². The van der Waals surface area contributed by atoms with Crippen molar-refractivity contribution >= 4 is 11.7 Å². The van der Waals surface area contributed by atoms with Crippen molar-refractivity contribution in [3.63, 3.8) is 0 Å². The molecule has 1 atom stereocenters. The second-order valence-corrected chi connectivity index (χ2v) is 5.00. The Morgan fingerprint density at radius 1 is 1.15 bits per heavy atom. The number of hydrogen-bond acceptors (Lipinski definition) is 2. The summed E-state index contributed by atoms with van der Waals surface area (Å²) >= 11 is 0. The Bertz CT molecular complexity index is 406. The van der Waals surface area contributed by atoms with Gasteiger partial charge in [-0.3, -0.25) is 0 Å². The average Bonchev–Trinajstić information content (AvgIpc) is 2.45. The highest BCUT2D eigenvalue weighted by Gasteiger charge is 2.11. The predicted octanol–water partition coefficient (Wildman–Crippen LogP) is 3.67. The molecule has 1 aromatic rings. The molecule has 0 aromatic heterocycles. The van der Waals surface area contributed by atoms with Gasteiger partial charge in [0.2, 0.25) is 0 Å². The monoisotopic (exact) mass is 277 g/mol. The number of benzene rings is 1. The van der Waals surface area contributed by atoms with E-state index in [1.807, 2.05) is 18.2 Å².